The van der Waals surface area contributed by atoms with Gasteiger partial charge in [-0.2, -0.15) is 5.10 Å². The van der Waals surface area contributed by atoms with Gasteiger partial charge in [0.1, 0.15) is 0 Å². The monoisotopic (exact) mass is 446 g/mol. The lowest BCUT2D eigenvalue weighted by Gasteiger charge is -2.16. The molecule has 0 unspecified atom stereocenters. The Kier molecular flexibility index (Phi) is 6.22. The van der Waals surface area contributed by atoms with Gasteiger partial charge in [-0.3, -0.25) is 0 Å². The molecule has 9 heteroatoms. The van der Waals surface area contributed by atoms with E-state index in [1.807, 2.05) is 13.8 Å². The molecule has 2 aliphatic carbocycles. The molecule has 1 heterocycles. The van der Waals surface area contributed by atoms with Gasteiger partial charge in [-0.25, -0.2) is 22.6 Å². The fourth-order valence-electron chi connectivity index (χ4n) is 4.54. The van der Waals surface area contributed by atoms with Gasteiger partial charge in [-0.1, -0.05) is 19.9 Å². The minimum atomic E-state index is -4.14. The lowest BCUT2D eigenvalue weighted by molar-refractivity contribution is 0.256. The van der Waals surface area contributed by atoms with E-state index in [1.54, 1.807) is 0 Å². The predicted molar refractivity (Wildman–Crippen MR) is 118 cm³/mol. The molecule has 2 aliphatic rings. The number of hydrogen-bond donors (Lipinski definition) is 2. The Morgan fingerprint density at radius 2 is 1.77 bits per heavy atom. The highest BCUT2D eigenvalue weighted by molar-refractivity contribution is 7.90. The average Bonchev–Trinajstić information content (AvgIpc) is 3.45. The van der Waals surface area contributed by atoms with Crippen molar-refractivity contribution in [3.63, 3.8) is 0 Å². The van der Waals surface area contributed by atoms with E-state index in [1.165, 1.54) is 22.0 Å². The Labute approximate surface area is 183 Å². The van der Waals surface area contributed by atoms with Crippen LogP contribution in [0.3, 0.4) is 0 Å². The Morgan fingerprint density at radius 3 is 2.39 bits per heavy atom. The maximum absolute atomic E-state index is 13.0. The van der Waals surface area contributed by atoms with Gasteiger partial charge in [0.05, 0.1) is 12.8 Å². The number of ether oxygens (including phenoxy) is 1. The predicted octanol–water partition coefficient (Wildman–Crippen LogP) is 3.57. The van der Waals surface area contributed by atoms with Crippen molar-refractivity contribution in [1.82, 2.24) is 14.5 Å². The molecule has 0 bridgehead atoms. The van der Waals surface area contributed by atoms with E-state index < -0.39 is 16.1 Å². The topological polar surface area (TPSA) is 102 Å². The molecular formula is C22H30N4O4S. The van der Waals surface area contributed by atoms with Crippen LogP contribution in [0.2, 0.25) is 0 Å². The van der Waals surface area contributed by atoms with Gasteiger partial charge < -0.3 is 10.1 Å². The Balaban J connectivity index is 1.57. The number of sulfonamides is 1. The quantitative estimate of drug-likeness (QED) is 0.645. The molecule has 0 atom stereocenters. The van der Waals surface area contributed by atoms with Crippen molar-refractivity contribution < 1.29 is 17.9 Å². The maximum atomic E-state index is 13.0. The van der Waals surface area contributed by atoms with Crippen molar-refractivity contribution in [1.29, 1.82) is 0 Å². The van der Waals surface area contributed by atoms with Crippen LogP contribution in [-0.4, -0.2) is 30.8 Å². The van der Waals surface area contributed by atoms with Crippen LogP contribution in [-0.2, 0) is 42.3 Å². The zero-order valence-corrected chi connectivity index (χ0v) is 19.0. The number of urea groups is 1. The average molecular weight is 447 g/mol. The molecule has 31 heavy (non-hydrogen) atoms. The first-order valence-electron chi connectivity index (χ1n) is 11.1. The van der Waals surface area contributed by atoms with Gasteiger partial charge in [0.25, 0.3) is 10.0 Å². The molecule has 0 fully saturated rings. The van der Waals surface area contributed by atoms with Crippen molar-refractivity contribution in [3.8, 4) is 5.88 Å². The number of nitrogens with zero attached hydrogens (tertiary/aromatic N) is 2. The molecule has 0 radical (unpaired) electrons. The molecule has 2 aromatic rings. The molecule has 1 aromatic heterocycles. The molecule has 168 valence electrons. The van der Waals surface area contributed by atoms with Crippen LogP contribution in [0.1, 0.15) is 61.8 Å². The third-order valence-corrected chi connectivity index (χ3v) is 7.18. The molecule has 0 spiro atoms. The number of anilines is 1. The first-order valence-corrected chi connectivity index (χ1v) is 12.6. The smallest absolute Gasteiger partial charge is 0.333 e. The first-order chi connectivity index (χ1) is 14.9. The summed E-state index contributed by atoms with van der Waals surface area (Å²) >= 11 is 0. The van der Waals surface area contributed by atoms with Gasteiger partial charge in [-0.05, 0) is 73.6 Å². The van der Waals surface area contributed by atoms with Crippen LogP contribution in [0.4, 0.5) is 10.5 Å². The lowest BCUT2D eigenvalue weighted by atomic mass is 9.99. The minimum Gasteiger partial charge on any atom is -0.477 e. The van der Waals surface area contributed by atoms with Gasteiger partial charge in [0.15, 0.2) is 4.90 Å². The summed E-state index contributed by atoms with van der Waals surface area (Å²) in [5.41, 5.74) is 5.65. The molecule has 8 nitrogen and oxygen atoms in total. The summed E-state index contributed by atoms with van der Waals surface area (Å²) in [6.07, 6.45) is 8.69. The van der Waals surface area contributed by atoms with Crippen molar-refractivity contribution in [3.05, 3.63) is 34.5 Å². The van der Waals surface area contributed by atoms with Crippen LogP contribution >= 0.6 is 0 Å². The summed E-state index contributed by atoms with van der Waals surface area (Å²) < 4.78 is 35.4. The molecule has 2 N–H and O–H groups in total. The van der Waals surface area contributed by atoms with Gasteiger partial charge in [-0.15, -0.1) is 0 Å². The highest BCUT2D eigenvalue weighted by atomic mass is 32.2. The highest BCUT2D eigenvalue weighted by Crippen LogP contribution is 2.38. The van der Waals surface area contributed by atoms with Crippen LogP contribution in [0, 0.1) is 0 Å². The van der Waals surface area contributed by atoms with E-state index in [-0.39, 0.29) is 10.8 Å². The zero-order valence-electron chi connectivity index (χ0n) is 18.2. The summed E-state index contributed by atoms with van der Waals surface area (Å²) in [6, 6.07) is 1.52. The zero-order chi connectivity index (χ0) is 22.0. The van der Waals surface area contributed by atoms with E-state index in [4.69, 9.17) is 4.74 Å². The Morgan fingerprint density at radius 1 is 1.10 bits per heavy atom. The summed E-state index contributed by atoms with van der Waals surface area (Å²) in [5, 5.41) is 7.02. The van der Waals surface area contributed by atoms with Crippen molar-refractivity contribution in [2.45, 2.75) is 76.7 Å². The molecule has 1 aromatic carbocycles. The number of aryl methyl sites for hydroxylation is 3. The number of aromatic nitrogens is 2. The fraction of sp³-hybridized carbons (Fsp3) is 0.545. The van der Waals surface area contributed by atoms with Crippen molar-refractivity contribution in [2.24, 2.45) is 0 Å². The number of fused-ring (bicyclic) bond motifs is 2. The second-order valence-corrected chi connectivity index (χ2v) is 9.83. The second kappa shape index (κ2) is 8.90. The van der Waals surface area contributed by atoms with E-state index in [2.05, 4.69) is 21.2 Å². The number of carbonyl (C=O) groups is 1. The molecule has 4 rings (SSSR count). The van der Waals surface area contributed by atoms with E-state index in [9.17, 15) is 13.2 Å². The molecule has 2 amide bonds. The van der Waals surface area contributed by atoms with E-state index in [0.717, 1.165) is 68.2 Å². The van der Waals surface area contributed by atoms with Gasteiger partial charge >= 0.3 is 6.03 Å². The summed E-state index contributed by atoms with van der Waals surface area (Å²) in [5.74, 6) is 0.172. The standard InChI is InChI=1S/C22H30N4O4S/c1-3-11-26-21(30-12-4-2)19(14-23-26)31(28,29)25-22(27)24-20-17-9-5-7-15(17)13-16-8-6-10-18(16)20/h13-14H,3-12H2,1-2H3,(H2,24,25,27). The number of rotatable bonds is 8. The summed E-state index contributed by atoms with van der Waals surface area (Å²) in [7, 11) is -4.14. The van der Waals surface area contributed by atoms with Gasteiger partial charge in [0.2, 0.25) is 5.88 Å². The summed E-state index contributed by atoms with van der Waals surface area (Å²) in [4.78, 5) is 12.7. The molecule has 0 saturated heterocycles. The minimum absolute atomic E-state index is 0.118. The Bertz CT molecular complexity index is 1060. The third-order valence-electron chi connectivity index (χ3n) is 5.87. The fourth-order valence-corrected chi connectivity index (χ4v) is 5.53. The summed E-state index contributed by atoms with van der Waals surface area (Å²) in [6.45, 7) is 4.81. The normalized spacial score (nSPS) is 14.9. The largest absolute Gasteiger partial charge is 0.477 e. The maximum Gasteiger partial charge on any atom is 0.333 e. The first kappa shape index (κ1) is 21.7. The third kappa shape index (κ3) is 4.28. The van der Waals surface area contributed by atoms with Crippen LogP contribution < -0.4 is 14.8 Å². The highest BCUT2D eigenvalue weighted by Gasteiger charge is 2.29. The van der Waals surface area contributed by atoms with E-state index >= 15 is 0 Å². The number of benzene rings is 1. The van der Waals surface area contributed by atoms with E-state index in [0.29, 0.717) is 13.2 Å². The number of amides is 2. The number of carbonyl (C=O) groups excluding carboxylic acids is 1. The van der Waals surface area contributed by atoms with Crippen molar-refractivity contribution >= 4 is 21.7 Å². The molecule has 0 aliphatic heterocycles. The van der Waals surface area contributed by atoms with Crippen LogP contribution in [0.15, 0.2) is 17.2 Å². The number of nitrogens with one attached hydrogen (secondary N) is 2. The van der Waals surface area contributed by atoms with Crippen molar-refractivity contribution in [2.75, 3.05) is 11.9 Å². The Hall–Kier alpha value is -2.55. The molecule has 0 saturated carbocycles. The SMILES string of the molecule is CCCOc1c(S(=O)(=O)NC(=O)Nc2c3c(cc4c2CCC4)CCC3)cnn1CCC. The van der Waals surface area contributed by atoms with Crippen LogP contribution in [0.25, 0.3) is 0 Å². The number of hydrogen-bond acceptors (Lipinski definition) is 5. The van der Waals surface area contributed by atoms with Crippen LogP contribution in [0.5, 0.6) is 5.88 Å². The lowest BCUT2D eigenvalue weighted by Crippen LogP contribution is -2.35. The second-order valence-electron chi connectivity index (χ2n) is 8.18. The van der Waals surface area contributed by atoms with Gasteiger partial charge in [0, 0.05) is 12.2 Å². The molecular weight excluding hydrogens is 416 g/mol.